The highest BCUT2D eigenvalue weighted by Crippen LogP contribution is 2.08. The topological polar surface area (TPSA) is 20.3 Å². The summed E-state index contributed by atoms with van der Waals surface area (Å²) in [6.07, 6.45) is 0.746. The average molecular weight is 244 g/mol. The molecule has 0 atom stereocenters. The Morgan fingerprint density at radius 2 is 2.25 bits per heavy atom. The maximum absolute atomic E-state index is 13.0. The minimum Gasteiger partial charge on any atom is -0.339 e. The summed E-state index contributed by atoms with van der Waals surface area (Å²) in [6.45, 7) is 3.10. The monoisotopic (exact) mass is 243 g/mol. The molecule has 1 aromatic rings. The lowest BCUT2D eigenvalue weighted by Gasteiger charge is -2.20. The molecule has 0 unspecified atom stereocenters. The van der Waals surface area contributed by atoms with Crippen molar-refractivity contribution in [2.75, 3.05) is 19.0 Å². The third kappa shape index (κ3) is 3.49. The van der Waals surface area contributed by atoms with Crippen molar-refractivity contribution in [2.45, 2.75) is 13.3 Å². The Morgan fingerprint density at radius 3 is 2.81 bits per heavy atom. The lowest BCUT2D eigenvalue weighted by molar-refractivity contribution is 0.0764. The van der Waals surface area contributed by atoms with E-state index in [4.69, 9.17) is 11.6 Å². The number of carbonyl (C=O) groups is 1. The van der Waals surface area contributed by atoms with Crippen LogP contribution in [-0.4, -0.2) is 29.8 Å². The van der Waals surface area contributed by atoms with Crippen LogP contribution in [0.15, 0.2) is 24.3 Å². The second-order valence-corrected chi connectivity index (χ2v) is 3.82. The van der Waals surface area contributed by atoms with Crippen LogP contribution in [-0.2, 0) is 0 Å². The molecule has 0 aliphatic rings. The minimum atomic E-state index is -0.390. The molecule has 1 rings (SSSR count). The number of hydrogen-bond donors (Lipinski definition) is 0. The van der Waals surface area contributed by atoms with Crippen LogP contribution in [0, 0.1) is 5.82 Å². The highest BCUT2D eigenvalue weighted by Gasteiger charge is 2.13. The number of hydrogen-bond acceptors (Lipinski definition) is 1. The van der Waals surface area contributed by atoms with Gasteiger partial charge in [0, 0.05) is 24.5 Å². The van der Waals surface area contributed by atoms with Crippen LogP contribution in [0.1, 0.15) is 23.7 Å². The zero-order chi connectivity index (χ0) is 12.0. The smallest absolute Gasteiger partial charge is 0.253 e. The Bertz CT molecular complexity index is 357. The summed E-state index contributed by atoms with van der Waals surface area (Å²) in [5.41, 5.74) is 0.386. The molecular formula is C12H15ClFNO. The van der Waals surface area contributed by atoms with Crippen LogP contribution >= 0.6 is 11.6 Å². The molecule has 0 aromatic heterocycles. The quantitative estimate of drug-likeness (QED) is 0.729. The fourth-order valence-electron chi connectivity index (χ4n) is 1.46. The maximum Gasteiger partial charge on any atom is 0.253 e. The van der Waals surface area contributed by atoms with Gasteiger partial charge in [-0.05, 0) is 31.5 Å². The lowest BCUT2D eigenvalue weighted by Crippen LogP contribution is -2.32. The van der Waals surface area contributed by atoms with E-state index in [2.05, 4.69) is 0 Å². The zero-order valence-electron chi connectivity index (χ0n) is 9.25. The first-order valence-electron chi connectivity index (χ1n) is 5.29. The zero-order valence-corrected chi connectivity index (χ0v) is 10.0. The Labute approximate surface area is 100 Å². The van der Waals surface area contributed by atoms with E-state index in [0.717, 1.165) is 6.42 Å². The van der Waals surface area contributed by atoms with E-state index in [-0.39, 0.29) is 11.7 Å². The molecule has 0 saturated carbocycles. The predicted molar refractivity (Wildman–Crippen MR) is 63.3 cm³/mol. The van der Waals surface area contributed by atoms with Crippen LogP contribution in [0.5, 0.6) is 0 Å². The summed E-state index contributed by atoms with van der Waals surface area (Å²) in [7, 11) is 0. The molecule has 1 aromatic carbocycles. The number of nitrogens with zero attached hydrogens (tertiary/aromatic N) is 1. The highest BCUT2D eigenvalue weighted by atomic mass is 35.5. The molecular weight excluding hydrogens is 229 g/mol. The van der Waals surface area contributed by atoms with Gasteiger partial charge in [-0.1, -0.05) is 6.07 Å². The Hall–Kier alpha value is -1.09. The lowest BCUT2D eigenvalue weighted by atomic mass is 10.2. The van der Waals surface area contributed by atoms with E-state index in [1.165, 1.54) is 18.2 Å². The van der Waals surface area contributed by atoms with Gasteiger partial charge in [0.2, 0.25) is 0 Å². The highest BCUT2D eigenvalue weighted by molar-refractivity contribution is 6.17. The molecule has 0 aliphatic carbocycles. The van der Waals surface area contributed by atoms with Crippen molar-refractivity contribution in [3.63, 3.8) is 0 Å². The van der Waals surface area contributed by atoms with Crippen molar-refractivity contribution >= 4 is 17.5 Å². The van der Waals surface area contributed by atoms with Gasteiger partial charge in [0.25, 0.3) is 5.91 Å². The fraction of sp³-hybridized carbons (Fsp3) is 0.417. The Balaban J connectivity index is 2.74. The van der Waals surface area contributed by atoms with E-state index in [1.54, 1.807) is 11.0 Å². The predicted octanol–water partition coefficient (Wildman–Crippen LogP) is 2.92. The normalized spacial score (nSPS) is 10.2. The molecule has 0 fully saturated rings. The molecule has 0 N–H and O–H groups in total. The average Bonchev–Trinajstić information content (AvgIpc) is 2.29. The summed E-state index contributed by atoms with van der Waals surface area (Å²) in [6, 6.07) is 5.74. The molecule has 0 spiro atoms. The molecule has 16 heavy (non-hydrogen) atoms. The summed E-state index contributed by atoms with van der Waals surface area (Å²) in [4.78, 5) is 13.6. The largest absolute Gasteiger partial charge is 0.339 e. The molecule has 88 valence electrons. The van der Waals surface area contributed by atoms with Gasteiger partial charge >= 0.3 is 0 Å². The van der Waals surface area contributed by atoms with Gasteiger partial charge in [0.1, 0.15) is 5.82 Å². The standard InChI is InChI=1S/C12H15ClFNO/c1-2-15(8-4-7-13)12(16)10-5-3-6-11(14)9-10/h3,5-6,9H,2,4,7-8H2,1H3. The first kappa shape index (κ1) is 13.0. The fourth-order valence-corrected chi connectivity index (χ4v) is 1.58. The van der Waals surface area contributed by atoms with Gasteiger partial charge in [0.05, 0.1) is 0 Å². The van der Waals surface area contributed by atoms with Gasteiger partial charge < -0.3 is 4.90 Å². The van der Waals surface area contributed by atoms with Crippen molar-refractivity contribution in [1.82, 2.24) is 4.90 Å². The molecule has 2 nitrogen and oxygen atoms in total. The third-order valence-electron chi connectivity index (χ3n) is 2.30. The van der Waals surface area contributed by atoms with Crippen molar-refractivity contribution in [2.24, 2.45) is 0 Å². The molecule has 0 bridgehead atoms. The first-order chi connectivity index (χ1) is 7.69. The summed E-state index contributed by atoms with van der Waals surface area (Å²) < 4.78 is 13.0. The second kappa shape index (κ2) is 6.48. The number of benzene rings is 1. The SMILES string of the molecule is CCN(CCCCl)C(=O)c1cccc(F)c1. The molecule has 0 aliphatic heterocycles. The molecule has 1 amide bonds. The van der Waals surface area contributed by atoms with Crippen molar-refractivity contribution in [3.8, 4) is 0 Å². The van der Waals surface area contributed by atoms with Gasteiger partial charge in [-0.2, -0.15) is 0 Å². The van der Waals surface area contributed by atoms with Crippen LogP contribution < -0.4 is 0 Å². The number of rotatable bonds is 5. The van der Waals surface area contributed by atoms with Gasteiger partial charge in [-0.15, -0.1) is 11.6 Å². The van der Waals surface area contributed by atoms with E-state index < -0.39 is 0 Å². The molecule has 0 radical (unpaired) electrons. The number of carbonyl (C=O) groups excluding carboxylic acids is 1. The van der Waals surface area contributed by atoms with Gasteiger partial charge in [-0.3, -0.25) is 4.79 Å². The molecule has 0 heterocycles. The third-order valence-corrected chi connectivity index (χ3v) is 2.57. The van der Waals surface area contributed by atoms with Crippen molar-refractivity contribution < 1.29 is 9.18 Å². The van der Waals surface area contributed by atoms with Crippen molar-refractivity contribution in [3.05, 3.63) is 35.6 Å². The summed E-state index contributed by atoms with van der Waals surface area (Å²) in [5.74, 6) is -0.0150. The Kier molecular flexibility index (Phi) is 5.26. The van der Waals surface area contributed by atoms with Crippen LogP contribution in [0.3, 0.4) is 0 Å². The van der Waals surface area contributed by atoms with E-state index in [9.17, 15) is 9.18 Å². The minimum absolute atomic E-state index is 0.146. The van der Waals surface area contributed by atoms with E-state index >= 15 is 0 Å². The van der Waals surface area contributed by atoms with Crippen LogP contribution in [0.2, 0.25) is 0 Å². The first-order valence-corrected chi connectivity index (χ1v) is 5.83. The number of amides is 1. The molecule has 4 heteroatoms. The van der Waals surface area contributed by atoms with Gasteiger partial charge in [0.15, 0.2) is 0 Å². The van der Waals surface area contributed by atoms with Crippen LogP contribution in [0.25, 0.3) is 0 Å². The van der Waals surface area contributed by atoms with Crippen molar-refractivity contribution in [1.29, 1.82) is 0 Å². The maximum atomic E-state index is 13.0. The summed E-state index contributed by atoms with van der Waals surface area (Å²) >= 11 is 5.58. The van der Waals surface area contributed by atoms with Crippen LogP contribution in [0.4, 0.5) is 4.39 Å². The van der Waals surface area contributed by atoms with Gasteiger partial charge in [-0.25, -0.2) is 4.39 Å². The Morgan fingerprint density at radius 1 is 1.50 bits per heavy atom. The van der Waals surface area contributed by atoms with E-state index in [1.807, 2.05) is 6.92 Å². The number of alkyl halides is 1. The second-order valence-electron chi connectivity index (χ2n) is 3.44. The summed E-state index contributed by atoms with van der Waals surface area (Å²) in [5, 5.41) is 0. The van der Waals surface area contributed by atoms with E-state index in [0.29, 0.717) is 24.5 Å². The molecule has 0 saturated heterocycles. The number of halogens is 2.